The number of carbonyl (C=O) groups is 1. The van der Waals surface area contributed by atoms with Crippen LogP contribution in [0, 0.1) is 6.92 Å². The summed E-state index contributed by atoms with van der Waals surface area (Å²) in [5.74, 6) is 0.233. The molecule has 106 valence electrons. The highest BCUT2D eigenvalue weighted by Gasteiger charge is 2.17. The third-order valence-electron chi connectivity index (χ3n) is 3.96. The predicted octanol–water partition coefficient (Wildman–Crippen LogP) is 1.84. The van der Waals surface area contributed by atoms with Crippen LogP contribution < -0.4 is 5.32 Å². The van der Waals surface area contributed by atoms with E-state index in [9.17, 15) is 4.79 Å². The van der Waals surface area contributed by atoms with Gasteiger partial charge in [-0.05, 0) is 37.6 Å². The summed E-state index contributed by atoms with van der Waals surface area (Å²) in [6.45, 7) is 5.68. The van der Waals surface area contributed by atoms with Crippen LogP contribution in [-0.4, -0.2) is 42.0 Å². The molecule has 4 nitrogen and oxygen atoms in total. The topological polar surface area (TPSA) is 48.1 Å². The largest absolute Gasteiger partial charge is 0.361 e. The highest BCUT2D eigenvalue weighted by atomic mass is 16.2. The maximum absolute atomic E-state index is 12.4. The first kappa shape index (κ1) is 13.2. The van der Waals surface area contributed by atoms with Crippen molar-refractivity contribution in [2.45, 2.75) is 19.8 Å². The van der Waals surface area contributed by atoms with E-state index in [4.69, 9.17) is 0 Å². The molecule has 1 fully saturated rings. The van der Waals surface area contributed by atoms with Gasteiger partial charge in [0.25, 0.3) is 0 Å². The highest BCUT2D eigenvalue weighted by Crippen LogP contribution is 2.20. The molecule has 0 bridgehead atoms. The van der Waals surface area contributed by atoms with Gasteiger partial charge in [-0.15, -0.1) is 0 Å². The molecule has 0 unspecified atom stereocenters. The summed E-state index contributed by atoms with van der Waals surface area (Å²) < 4.78 is 0. The highest BCUT2D eigenvalue weighted by molar-refractivity contribution is 5.89. The molecule has 4 heteroatoms. The summed E-state index contributed by atoms with van der Waals surface area (Å²) in [5, 5.41) is 4.50. The molecular formula is C16H21N3O. The van der Waals surface area contributed by atoms with Crippen molar-refractivity contribution in [2.24, 2.45) is 0 Å². The van der Waals surface area contributed by atoms with Gasteiger partial charge in [0.2, 0.25) is 5.91 Å². The summed E-state index contributed by atoms with van der Waals surface area (Å²) in [5.41, 5.74) is 3.44. The smallest absolute Gasteiger partial charge is 0.227 e. The van der Waals surface area contributed by atoms with Gasteiger partial charge in [0.05, 0.1) is 6.42 Å². The van der Waals surface area contributed by atoms with Crippen LogP contribution >= 0.6 is 0 Å². The Balaban J connectivity index is 1.78. The lowest BCUT2D eigenvalue weighted by Gasteiger charge is -2.19. The quantitative estimate of drug-likeness (QED) is 0.875. The van der Waals surface area contributed by atoms with E-state index in [0.717, 1.165) is 43.7 Å². The van der Waals surface area contributed by atoms with Gasteiger partial charge in [-0.3, -0.25) is 4.79 Å². The monoisotopic (exact) mass is 271 g/mol. The number of aryl methyl sites for hydroxylation is 1. The van der Waals surface area contributed by atoms with E-state index in [0.29, 0.717) is 6.42 Å². The number of aromatic amines is 1. The second kappa shape index (κ2) is 5.67. The number of amides is 1. The van der Waals surface area contributed by atoms with Crippen LogP contribution in [0.15, 0.2) is 24.4 Å². The van der Waals surface area contributed by atoms with Gasteiger partial charge >= 0.3 is 0 Å². The molecule has 1 aliphatic rings. The fourth-order valence-electron chi connectivity index (χ4n) is 2.81. The zero-order chi connectivity index (χ0) is 13.9. The SMILES string of the molecule is Cc1ccc2[nH]cc(CC(=O)N3CCCNCC3)c2c1. The number of benzene rings is 1. The van der Waals surface area contributed by atoms with Gasteiger partial charge in [0.1, 0.15) is 0 Å². The van der Waals surface area contributed by atoms with Gasteiger partial charge in [0.15, 0.2) is 0 Å². The summed E-state index contributed by atoms with van der Waals surface area (Å²) in [7, 11) is 0. The van der Waals surface area contributed by atoms with E-state index in [1.807, 2.05) is 11.1 Å². The van der Waals surface area contributed by atoms with E-state index >= 15 is 0 Å². The maximum Gasteiger partial charge on any atom is 0.227 e. The lowest BCUT2D eigenvalue weighted by Crippen LogP contribution is -2.35. The van der Waals surface area contributed by atoms with Crippen LogP contribution in [0.25, 0.3) is 10.9 Å². The summed E-state index contributed by atoms with van der Waals surface area (Å²) >= 11 is 0. The molecule has 0 radical (unpaired) electrons. The molecule has 20 heavy (non-hydrogen) atoms. The molecule has 0 aliphatic carbocycles. The summed E-state index contributed by atoms with van der Waals surface area (Å²) in [6.07, 6.45) is 3.50. The van der Waals surface area contributed by atoms with Gasteiger partial charge in [-0.2, -0.15) is 0 Å². The molecule has 1 aliphatic heterocycles. The Bertz CT molecular complexity index is 609. The standard InChI is InChI=1S/C16H21N3O/c1-12-3-4-15-14(9-12)13(11-18-15)10-16(20)19-7-2-5-17-6-8-19/h3-4,9,11,17-18H,2,5-8,10H2,1H3. The van der Waals surface area contributed by atoms with Crippen molar-refractivity contribution in [2.75, 3.05) is 26.2 Å². The van der Waals surface area contributed by atoms with E-state index in [-0.39, 0.29) is 5.91 Å². The molecule has 2 aromatic rings. The van der Waals surface area contributed by atoms with Crippen molar-refractivity contribution in [1.82, 2.24) is 15.2 Å². The molecule has 0 atom stereocenters. The van der Waals surface area contributed by atoms with Gasteiger partial charge < -0.3 is 15.2 Å². The molecule has 0 saturated carbocycles. The number of nitrogens with zero attached hydrogens (tertiary/aromatic N) is 1. The Hall–Kier alpha value is -1.81. The Morgan fingerprint density at radius 2 is 2.20 bits per heavy atom. The molecule has 1 amide bonds. The Morgan fingerprint density at radius 3 is 3.10 bits per heavy atom. The van der Waals surface area contributed by atoms with Crippen LogP contribution in [0.2, 0.25) is 0 Å². The number of rotatable bonds is 2. The average molecular weight is 271 g/mol. The number of nitrogens with one attached hydrogen (secondary N) is 2. The van der Waals surface area contributed by atoms with E-state index in [1.54, 1.807) is 0 Å². The number of hydrogen-bond donors (Lipinski definition) is 2. The minimum absolute atomic E-state index is 0.233. The van der Waals surface area contributed by atoms with Crippen LogP contribution in [0.5, 0.6) is 0 Å². The third kappa shape index (κ3) is 2.70. The molecule has 2 heterocycles. The normalized spacial score (nSPS) is 16.4. The molecule has 1 aromatic heterocycles. The molecular weight excluding hydrogens is 250 g/mol. The number of fused-ring (bicyclic) bond motifs is 1. The van der Waals surface area contributed by atoms with Crippen LogP contribution in [0.1, 0.15) is 17.5 Å². The van der Waals surface area contributed by atoms with Crippen LogP contribution in [-0.2, 0) is 11.2 Å². The lowest BCUT2D eigenvalue weighted by atomic mass is 10.1. The Kier molecular flexibility index (Phi) is 3.74. The number of H-pyrrole nitrogens is 1. The number of hydrogen-bond acceptors (Lipinski definition) is 2. The third-order valence-corrected chi connectivity index (χ3v) is 3.96. The minimum Gasteiger partial charge on any atom is -0.361 e. The zero-order valence-corrected chi connectivity index (χ0v) is 11.9. The second-order valence-corrected chi connectivity index (χ2v) is 5.52. The van der Waals surface area contributed by atoms with Crippen molar-refractivity contribution in [1.29, 1.82) is 0 Å². The van der Waals surface area contributed by atoms with Crippen molar-refractivity contribution in [3.05, 3.63) is 35.5 Å². The second-order valence-electron chi connectivity index (χ2n) is 5.52. The minimum atomic E-state index is 0.233. The Labute approximate surface area is 119 Å². The fourth-order valence-corrected chi connectivity index (χ4v) is 2.81. The van der Waals surface area contributed by atoms with E-state index < -0.39 is 0 Å². The van der Waals surface area contributed by atoms with Crippen molar-refractivity contribution in [3.63, 3.8) is 0 Å². The average Bonchev–Trinajstić information content (AvgIpc) is 2.67. The first-order valence-corrected chi connectivity index (χ1v) is 7.29. The van der Waals surface area contributed by atoms with Crippen molar-refractivity contribution >= 4 is 16.8 Å². The van der Waals surface area contributed by atoms with Crippen molar-refractivity contribution < 1.29 is 4.79 Å². The van der Waals surface area contributed by atoms with Gasteiger partial charge in [-0.1, -0.05) is 11.6 Å². The van der Waals surface area contributed by atoms with Gasteiger partial charge in [-0.25, -0.2) is 0 Å². The molecule has 1 aromatic carbocycles. The van der Waals surface area contributed by atoms with Crippen LogP contribution in [0.4, 0.5) is 0 Å². The van der Waals surface area contributed by atoms with Gasteiger partial charge in [0, 0.05) is 36.7 Å². The maximum atomic E-state index is 12.4. The van der Waals surface area contributed by atoms with Crippen LogP contribution in [0.3, 0.4) is 0 Å². The molecule has 1 saturated heterocycles. The lowest BCUT2D eigenvalue weighted by molar-refractivity contribution is -0.130. The Morgan fingerprint density at radius 1 is 1.30 bits per heavy atom. The summed E-state index contributed by atoms with van der Waals surface area (Å²) in [4.78, 5) is 17.7. The molecule has 2 N–H and O–H groups in total. The first-order valence-electron chi connectivity index (χ1n) is 7.29. The van der Waals surface area contributed by atoms with E-state index in [2.05, 4.69) is 35.4 Å². The van der Waals surface area contributed by atoms with Crippen molar-refractivity contribution in [3.8, 4) is 0 Å². The molecule has 3 rings (SSSR count). The number of carbonyl (C=O) groups excluding carboxylic acids is 1. The number of aromatic nitrogens is 1. The van der Waals surface area contributed by atoms with E-state index in [1.165, 1.54) is 10.9 Å². The summed E-state index contributed by atoms with van der Waals surface area (Å²) in [6, 6.07) is 6.32. The first-order chi connectivity index (χ1) is 9.74. The molecule has 0 spiro atoms. The predicted molar refractivity (Wildman–Crippen MR) is 80.8 cm³/mol. The fraction of sp³-hybridized carbons (Fsp3) is 0.438. The zero-order valence-electron chi connectivity index (χ0n) is 11.9.